The lowest BCUT2D eigenvalue weighted by Gasteiger charge is -2.19. The Bertz CT molecular complexity index is 821. The summed E-state index contributed by atoms with van der Waals surface area (Å²) in [6, 6.07) is 13.8. The molecule has 174 valence electrons. The molecule has 0 fully saturated rings. The van der Waals surface area contributed by atoms with Crippen LogP contribution in [-0.4, -0.2) is 75.9 Å². The van der Waals surface area contributed by atoms with Crippen molar-refractivity contribution in [2.24, 2.45) is 11.8 Å². The van der Waals surface area contributed by atoms with Gasteiger partial charge in [0.05, 0.1) is 24.3 Å². The van der Waals surface area contributed by atoms with Crippen LogP contribution in [0.15, 0.2) is 48.5 Å². The molecule has 32 heavy (non-hydrogen) atoms. The molecule has 0 heterocycles. The highest BCUT2D eigenvalue weighted by molar-refractivity contribution is 6.50. The number of Topliss-reactive ketones (excluding diaryl/α,β-unsaturated/α-hetero) is 2. The number of para-hydroxylation sites is 2. The topological polar surface area (TPSA) is 59.1 Å². The average Bonchev–Trinajstić information content (AvgIpc) is 2.74. The number of ether oxygens (including phenoxy) is 2. The molecule has 0 saturated carbocycles. The van der Waals surface area contributed by atoms with Gasteiger partial charge in [0.1, 0.15) is 11.5 Å². The van der Waals surface area contributed by atoms with Gasteiger partial charge in [0.25, 0.3) is 0 Å². The van der Waals surface area contributed by atoms with Crippen molar-refractivity contribution in [3.05, 3.63) is 59.7 Å². The van der Waals surface area contributed by atoms with E-state index in [0.717, 1.165) is 13.1 Å². The van der Waals surface area contributed by atoms with Gasteiger partial charge in [-0.15, -0.1) is 0 Å². The molecular weight excluding hydrogens is 404 g/mol. The highest BCUT2D eigenvalue weighted by Gasteiger charge is 2.25. The van der Waals surface area contributed by atoms with E-state index in [9.17, 15) is 9.59 Å². The summed E-state index contributed by atoms with van der Waals surface area (Å²) in [5.74, 6) is 0.213. The zero-order valence-corrected chi connectivity index (χ0v) is 20.1. The first-order valence-corrected chi connectivity index (χ1v) is 11.0. The van der Waals surface area contributed by atoms with Gasteiger partial charge in [-0.3, -0.25) is 9.59 Å². The third-order valence-electron chi connectivity index (χ3n) is 4.87. The summed E-state index contributed by atoms with van der Waals surface area (Å²) in [6.45, 7) is 6.82. The van der Waals surface area contributed by atoms with E-state index in [4.69, 9.17) is 9.47 Å². The van der Waals surface area contributed by atoms with E-state index >= 15 is 0 Å². The zero-order valence-electron chi connectivity index (χ0n) is 20.1. The molecule has 0 N–H and O–H groups in total. The Hall–Kier alpha value is -2.70. The maximum Gasteiger partial charge on any atom is 0.237 e. The smallest absolute Gasteiger partial charge is 0.237 e. The van der Waals surface area contributed by atoms with Crippen molar-refractivity contribution in [3.63, 3.8) is 0 Å². The maximum absolute atomic E-state index is 13.1. The second kappa shape index (κ2) is 12.4. The lowest BCUT2D eigenvalue weighted by Crippen LogP contribution is -2.25. The average molecular weight is 441 g/mol. The Balaban J connectivity index is 2.15. The predicted octanol–water partition coefficient (Wildman–Crippen LogP) is 3.91. The molecule has 0 radical (unpaired) electrons. The van der Waals surface area contributed by atoms with E-state index in [0.29, 0.717) is 24.7 Å². The largest absolute Gasteiger partial charge is 0.492 e. The van der Waals surface area contributed by atoms with Crippen LogP contribution in [0.3, 0.4) is 0 Å². The Kier molecular flexibility index (Phi) is 9.88. The second-order valence-corrected chi connectivity index (χ2v) is 9.01. The molecular formula is C26H36N2O4. The molecule has 0 aromatic heterocycles. The summed E-state index contributed by atoms with van der Waals surface area (Å²) in [7, 11) is 8.03. The molecule has 0 aliphatic heterocycles. The molecule has 2 rings (SSSR count). The van der Waals surface area contributed by atoms with Gasteiger partial charge in [-0.25, -0.2) is 0 Å². The molecule has 2 atom stereocenters. The van der Waals surface area contributed by atoms with Crippen LogP contribution >= 0.6 is 0 Å². The summed E-state index contributed by atoms with van der Waals surface area (Å²) < 4.78 is 11.8. The second-order valence-electron chi connectivity index (χ2n) is 9.01. The van der Waals surface area contributed by atoms with Crippen LogP contribution in [0.1, 0.15) is 34.6 Å². The highest BCUT2D eigenvalue weighted by Crippen LogP contribution is 2.25. The lowest BCUT2D eigenvalue weighted by molar-refractivity contribution is 0.0810. The molecule has 0 aliphatic rings. The van der Waals surface area contributed by atoms with Crippen molar-refractivity contribution < 1.29 is 19.1 Å². The fraction of sp³-hybridized carbons (Fsp3) is 0.462. The number of benzene rings is 2. The SMILES string of the molecule is CC(COc1ccccc1C(=O)C(=O)c1ccccc1OCC(C)CN(C)C)CN(C)C. The lowest BCUT2D eigenvalue weighted by atomic mass is 10.00. The number of ketones is 2. The van der Waals surface area contributed by atoms with Crippen molar-refractivity contribution in [2.75, 3.05) is 54.5 Å². The van der Waals surface area contributed by atoms with Crippen LogP contribution in [0.4, 0.5) is 0 Å². The molecule has 2 aromatic carbocycles. The third kappa shape index (κ3) is 7.77. The predicted molar refractivity (Wildman–Crippen MR) is 128 cm³/mol. The van der Waals surface area contributed by atoms with Crippen LogP contribution in [0.2, 0.25) is 0 Å². The number of carbonyl (C=O) groups is 2. The first-order chi connectivity index (χ1) is 15.2. The highest BCUT2D eigenvalue weighted by atomic mass is 16.5. The number of carbonyl (C=O) groups excluding carboxylic acids is 2. The molecule has 0 spiro atoms. The van der Waals surface area contributed by atoms with Gasteiger partial charge in [-0.2, -0.15) is 0 Å². The molecule has 2 aromatic rings. The maximum atomic E-state index is 13.1. The van der Waals surface area contributed by atoms with Gasteiger partial charge in [0.2, 0.25) is 11.6 Å². The van der Waals surface area contributed by atoms with Crippen LogP contribution in [-0.2, 0) is 0 Å². The monoisotopic (exact) mass is 440 g/mol. The molecule has 6 heteroatoms. The van der Waals surface area contributed by atoms with Crippen LogP contribution in [0.25, 0.3) is 0 Å². The van der Waals surface area contributed by atoms with E-state index < -0.39 is 11.6 Å². The fourth-order valence-electron chi connectivity index (χ4n) is 3.62. The first kappa shape index (κ1) is 25.6. The van der Waals surface area contributed by atoms with Crippen molar-refractivity contribution in [2.45, 2.75) is 13.8 Å². The van der Waals surface area contributed by atoms with Gasteiger partial charge in [0.15, 0.2) is 0 Å². The number of nitrogens with zero attached hydrogens (tertiary/aromatic N) is 2. The van der Waals surface area contributed by atoms with E-state index in [1.807, 2.05) is 28.2 Å². The van der Waals surface area contributed by atoms with E-state index in [-0.39, 0.29) is 23.0 Å². The Labute approximate surface area is 192 Å². The van der Waals surface area contributed by atoms with Crippen LogP contribution in [0.5, 0.6) is 11.5 Å². The molecule has 0 saturated heterocycles. The van der Waals surface area contributed by atoms with Gasteiger partial charge in [-0.1, -0.05) is 38.1 Å². The fourth-order valence-corrected chi connectivity index (χ4v) is 3.62. The van der Waals surface area contributed by atoms with Crippen LogP contribution < -0.4 is 9.47 Å². The van der Waals surface area contributed by atoms with Gasteiger partial charge in [-0.05, 0) is 52.5 Å². The Morgan fingerprint density at radius 3 is 1.38 bits per heavy atom. The van der Waals surface area contributed by atoms with Crippen molar-refractivity contribution in [1.82, 2.24) is 9.80 Å². The minimum absolute atomic E-state index is 0.269. The van der Waals surface area contributed by atoms with Crippen molar-refractivity contribution in [1.29, 1.82) is 0 Å². The molecule has 0 bridgehead atoms. The quantitative estimate of drug-likeness (QED) is 0.348. The standard InChI is InChI=1S/C26H36N2O4/c1-19(15-27(3)4)17-31-23-13-9-7-11-21(23)25(29)26(30)22-12-8-10-14-24(22)32-18-20(2)16-28(5)6/h7-14,19-20H,15-18H2,1-6H3. The van der Waals surface area contributed by atoms with Gasteiger partial charge >= 0.3 is 0 Å². The summed E-state index contributed by atoms with van der Waals surface area (Å²) in [5, 5.41) is 0. The van der Waals surface area contributed by atoms with E-state index in [1.54, 1.807) is 48.5 Å². The summed E-state index contributed by atoms with van der Waals surface area (Å²) >= 11 is 0. The third-order valence-corrected chi connectivity index (χ3v) is 4.87. The molecule has 0 aliphatic carbocycles. The Morgan fingerprint density at radius 1 is 0.688 bits per heavy atom. The summed E-state index contributed by atoms with van der Waals surface area (Å²) in [4.78, 5) is 30.4. The molecule has 2 unspecified atom stereocenters. The van der Waals surface area contributed by atoms with Crippen molar-refractivity contribution in [3.8, 4) is 11.5 Å². The minimum atomic E-state index is -0.599. The van der Waals surface area contributed by atoms with Gasteiger partial charge in [0, 0.05) is 24.9 Å². The molecule has 0 amide bonds. The number of rotatable bonds is 13. The number of hydrogen-bond donors (Lipinski definition) is 0. The van der Waals surface area contributed by atoms with Crippen LogP contribution in [0, 0.1) is 11.8 Å². The summed E-state index contributed by atoms with van der Waals surface area (Å²) in [5.41, 5.74) is 0.538. The van der Waals surface area contributed by atoms with E-state index in [2.05, 4.69) is 23.6 Å². The van der Waals surface area contributed by atoms with Gasteiger partial charge < -0.3 is 19.3 Å². The van der Waals surface area contributed by atoms with E-state index in [1.165, 1.54) is 0 Å². The molecule has 6 nitrogen and oxygen atoms in total. The van der Waals surface area contributed by atoms with Crippen molar-refractivity contribution >= 4 is 11.6 Å². The first-order valence-electron chi connectivity index (χ1n) is 11.0. The normalized spacial score (nSPS) is 13.1. The number of hydrogen-bond acceptors (Lipinski definition) is 6. The minimum Gasteiger partial charge on any atom is -0.492 e. The Morgan fingerprint density at radius 2 is 1.03 bits per heavy atom. The zero-order chi connectivity index (χ0) is 23.7. The summed E-state index contributed by atoms with van der Waals surface area (Å²) in [6.07, 6.45) is 0.